The zero-order chi connectivity index (χ0) is 26.5. The highest BCUT2D eigenvalue weighted by Crippen LogP contribution is 2.30. The lowest BCUT2D eigenvalue weighted by molar-refractivity contribution is 0.0751. The van der Waals surface area contributed by atoms with E-state index in [2.05, 4.69) is 15.5 Å². The third-order valence-corrected chi connectivity index (χ3v) is 7.69. The van der Waals surface area contributed by atoms with Gasteiger partial charge < -0.3 is 15.1 Å². The average molecular weight is 561 g/mol. The van der Waals surface area contributed by atoms with Crippen LogP contribution in [-0.2, 0) is 0 Å². The zero-order valence-corrected chi connectivity index (χ0v) is 22.8. The van der Waals surface area contributed by atoms with Crippen molar-refractivity contribution >= 4 is 63.5 Å². The molecule has 0 atom stereocenters. The molecule has 0 radical (unpaired) electrons. The van der Waals surface area contributed by atoms with Crippen molar-refractivity contribution in [3.8, 4) is 11.1 Å². The number of carbonyl (C=O) groups is 2. The van der Waals surface area contributed by atoms with Gasteiger partial charge in [-0.3, -0.25) is 14.9 Å². The molecule has 0 unspecified atom stereocenters. The first-order valence-electron chi connectivity index (χ1n) is 12.1. The highest BCUT2D eigenvalue weighted by molar-refractivity contribution is 7.80. The summed E-state index contributed by atoms with van der Waals surface area (Å²) in [6, 6.07) is 26.7. The van der Waals surface area contributed by atoms with Crippen LogP contribution in [0, 0.1) is 0 Å². The topological polar surface area (TPSA) is 64.7 Å². The number of rotatable bonds is 5. The molecule has 1 saturated heterocycles. The molecular formula is C29H25ClN4O2S2. The summed E-state index contributed by atoms with van der Waals surface area (Å²) in [5.74, 6) is -0.215. The summed E-state index contributed by atoms with van der Waals surface area (Å²) in [6.45, 7) is 2.66. The third-order valence-electron chi connectivity index (χ3n) is 6.33. The molecule has 9 heteroatoms. The van der Waals surface area contributed by atoms with Crippen LogP contribution in [0.15, 0.2) is 90.3 Å². The Morgan fingerprint density at radius 2 is 1.55 bits per heavy atom. The summed E-state index contributed by atoms with van der Waals surface area (Å²) in [7, 11) is 0. The van der Waals surface area contributed by atoms with E-state index in [-0.39, 0.29) is 16.9 Å². The molecule has 4 aromatic rings. The van der Waals surface area contributed by atoms with Crippen molar-refractivity contribution in [1.29, 1.82) is 0 Å². The smallest absolute Gasteiger partial charge is 0.264 e. The quantitative estimate of drug-likeness (QED) is 0.286. The Labute approximate surface area is 235 Å². The maximum atomic E-state index is 12.7. The maximum Gasteiger partial charge on any atom is 0.264 e. The molecule has 1 aliphatic rings. The van der Waals surface area contributed by atoms with E-state index in [1.165, 1.54) is 11.3 Å². The van der Waals surface area contributed by atoms with Crippen LogP contribution in [-0.4, -0.2) is 48.0 Å². The maximum absolute atomic E-state index is 12.7. The van der Waals surface area contributed by atoms with Gasteiger partial charge in [-0.15, -0.1) is 11.3 Å². The first-order chi connectivity index (χ1) is 18.5. The fraction of sp³-hybridized carbons (Fsp3) is 0.138. The first kappa shape index (κ1) is 25.9. The summed E-state index contributed by atoms with van der Waals surface area (Å²) in [4.78, 5) is 30.1. The number of piperazine rings is 1. The summed E-state index contributed by atoms with van der Waals surface area (Å²) in [6.07, 6.45) is 0. The van der Waals surface area contributed by atoms with Crippen LogP contribution in [0.25, 0.3) is 11.1 Å². The highest BCUT2D eigenvalue weighted by atomic mass is 35.5. The molecule has 38 heavy (non-hydrogen) atoms. The van der Waals surface area contributed by atoms with E-state index in [4.69, 9.17) is 23.8 Å². The molecule has 1 aliphatic heterocycles. The highest BCUT2D eigenvalue weighted by Gasteiger charge is 2.24. The lowest BCUT2D eigenvalue weighted by Gasteiger charge is -2.36. The lowest BCUT2D eigenvalue weighted by Crippen LogP contribution is -2.48. The summed E-state index contributed by atoms with van der Waals surface area (Å²) < 4.78 is 0. The molecule has 2 amide bonds. The van der Waals surface area contributed by atoms with Crippen LogP contribution < -0.4 is 15.5 Å². The van der Waals surface area contributed by atoms with Gasteiger partial charge in [-0.1, -0.05) is 60.1 Å². The number of anilines is 2. The minimum atomic E-state index is -0.292. The number of thiophene rings is 1. The molecule has 2 N–H and O–H groups in total. The molecular weight excluding hydrogens is 536 g/mol. The van der Waals surface area contributed by atoms with Crippen molar-refractivity contribution in [2.24, 2.45) is 0 Å². The van der Waals surface area contributed by atoms with Gasteiger partial charge >= 0.3 is 0 Å². The predicted molar refractivity (Wildman–Crippen MR) is 159 cm³/mol. The summed E-state index contributed by atoms with van der Waals surface area (Å²) >= 11 is 13.4. The molecule has 1 aromatic heterocycles. The van der Waals surface area contributed by atoms with E-state index in [9.17, 15) is 9.59 Å². The fourth-order valence-electron chi connectivity index (χ4n) is 4.33. The van der Waals surface area contributed by atoms with E-state index in [1.54, 1.807) is 18.2 Å². The number of benzene rings is 3. The van der Waals surface area contributed by atoms with Gasteiger partial charge in [0.2, 0.25) is 0 Å². The minimum Gasteiger partial charge on any atom is -0.367 e. The van der Waals surface area contributed by atoms with E-state index in [0.29, 0.717) is 42.5 Å². The van der Waals surface area contributed by atoms with Gasteiger partial charge in [-0.2, -0.15) is 0 Å². The van der Waals surface area contributed by atoms with Crippen molar-refractivity contribution < 1.29 is 9.59 Å². The van der Waals surface area contributed by atoms with Gasteiger partial charge in [-0.25, -0.2) is 0 Å². The normalized spacial score (nSPS) is 13.2. The molecule has 3 aromatic carbocycles. The van der Waals surface area contributed by atoms with Gasteiger partial charge in [0.1, 0.15) is 0 Å². The second kappa shape index (κ2) is 11.8. The Morgan fingerprint density at radius 1 is 0.842 bits per heavy atom. The fourth-order valence-corrected chi connectivity index (χ4v) is 5.53. The van der Waals surface area contributed by atoms with Gasteiger partial charge in [-0.05, 0) is 65.1 Å². The number of nitrogens with one attached hydrogen (secondary N) is 2. The number of hydrogen-bond donors (Lipinski definition) is 2. The number of halogens is 1. The molecule has 192 valence electrons. The Balaban J connectivity index is 1.14. The Bertz CT molecular complexity index is 1440. The number of amides is 2. The van der Waals surface area contributed by atoms with Crippen LogP contribution in [0.5, 0.6) is 0 Å². The SMILES string of the molecule is O=C(NC(=S)Nc1ccc(N2CCN(C(=O)c3cccs3)CC2)c(Cl)c1)c1ccc(-c2ccccc2)cc1. The minimum absolute atomic E-state index is 0.0768. The van der Waals surface area contributed by atoms with E-state index in [1.807, 2.05) is 77.0 Å². The summed E-state index contributed by atoms with van der Waals surface area (Å²) in [5, 5.41) is 8.42. The zero-order valence-electron chi connectivity index (χ0n) is 20.4. The van der Waals surface area contributed by atoms with Crippen molar-refractivity contribution in [3.05, 3.63) is 106 Å². The monoisotopic (exact) mass is 560 g/mol. The second-order valence-electron chi connectivity index (χ2n) is 8.77. The number of thiocarbonyl (C=S) groups is 1. The first-order valence-corrected chi connectivity index (χ1v) is 13.8. The largest absolute Gasteiger partial charge is 0.367 e. The van der Waals surface area contributed by atoms with E-state index in [0.717, 1.165) is 21.7 Å². The van der Waals surface area contributed by atoms with Crippen molar-refractivity contribution in [2.75, 3.05) is 36.4 Å². The van der Waals surface area contributed by atoms with Crippen molar-refractivity contribution in [1.82, 2.24) is 10.2 Å². The molecule has 0 spiro atoms. The van der Waals surface area contributed by atoms with E-state index >= 15 is 0 Å². The van der Waals surface area contributed by atoms with Gasteiger partial charge in [0.05, 0.1) is 15.6 Å². The Kier molecular flexibility index (Phi) is 8.03. The molecule has 0 aliphatic carbocycles. The predicted octanol–water partition coefficient (Wildman–Crippen LogP) is 6.16. The van der Waals surface area contributed by atoms with E-state index < -0.39 is 0 Å². The van der Waals surface area contributed by atoms with Crippen molar-refractivity contribution in [3.63, 3.8) is 0 Å². The second-order valence-corrected chi connectivity index (χ2v) is 10.5. The van der Waals surface area contributed by atoms with Crippen LogP contribution in [0.2, 0.25) is 5.02 Å². The van der Waals surface area contributed by atoms with Crippen molar-refractivity contribution in [2.45, 2.75) is 0 Å². The van der Waals surface area contributed by atoms with Gasteiger partial charge in [0.25, 0.3) is 11.8 Å². The third kappa shape index (κ3) is 6.05. The molecule has 0 bridgehead atoms. The van der Waals surface area contributed by atoms with Crippen LogP contribution in [0.3, 0.4) is 0 Å². The Hall–Kier alpha value is -3.72. The molecule has 1 fully saturated rings. The van der Waals surface area contributed by atoms with Gasteiger partial charge in [0.15, 0.2) is 5.11 Å². The van der Waals surface area contributed by atoms with Crippen LogP contribution >= 0.6 is 35.2 Å². The molecule has 2 heterocycles. The van der Waals surface area contributed by atoms with Crippen LogP contribution in [0.4, 0.5) is 11.4 Å². The average Bonchev–Trinajstić information content (AvgIpc) is 3.49. The standard InChI is InChI=1S/C29H25ClN4O2S2/c30-24-19-23(12-13-25(24)33-14-16-34(17-15-33)28(36)26-7-4-18-38-26)31-29(37)32-27(35)22-10-8-21(9-11-22)20-5-2-1-3-6-20/h1-13,18-19H,14-17H2,(H2,31,32,35,37). The lowest BCUT2D eigenvalue weighted by atomic mass is 10.0. The molecule has 6 nitrogen and oxygen atoms in total. The van der Waals surface area contributed by atoms with Crippen LogP contribution in [0.1, 0.15) is 20.0 Å². The summed E-state index contributed by atoms with van der Waals surface area (Å²) in [5.41, 5.74) is 4.21. The number of hydrogen-bond acceptors (Lipinski definition) is 5. The molecule has 0 saturated carbocycles. The number of carbonyl (C=O) groups excluding carboxylic acids is 2. The van der Waals surface area contributed by atoms with Gasteiger partial charge in [0, 0.05) is 37.4 Å². The Morgan fingerprint density at radius 3 is 2.21 bits per heavy atom. The molecule has 5 rings (SSSR count). The number of nitrogens with zero attached hydrogens (tertiary/aromatic N) is 2.